The summed E-state index contributed by atoms with van der Waals surface area (Å²) < 4.78 is 0. The molecule has 2 N–H and O–H groups in total. The maximum atomic E-state index is 8.90. The van der Waals surface area contributed by atoms with Crippen LogP contribution in [-0.2, 0) is 6.54 Å². The average Bonchev–Trinajstić information content (AvgIpc) is 2.39. The van der Waals surface area contributed by atoms with Crippen molar-refractivity contribution in [3.8, 4) is 0 Å². The van der Waals surface area contributed by atoms with Crippen LogP contribution in [0.25, 0.3) is 0 Å². The Labute approximate surface area is 111 Å². The highest BCUT2D eigenvalue weighted by atomic mass is 16.3. The molecular weight excluding hydrogens is 224 g/mol. The third kappa shape index (κ3) is 6.74. The van der Waals surface area contributed by atoms with Gasteiger partial charge in [-0.05, 0) is 44.6 Å². The van der Waals surface area contributed by atoms with Gasteiger partial charge in [-0.3, -0.25) is 0 Å². The summed E-state index contributed by atoms with van der Waals surface area (Å²) in [6.07, 6.45) is 1.14. The highest BCUT2D eigenvalue weighted by molar-refractivity contribution is 5.14. The Kier molecular flexibility index (Phi) is 7.65. The van der Waals surface area contributed by atoms with Crippen molar-refractivity contribution in [2.75, 3.05) is 33.3 Å². The number of benzene rings is 1. The van der Waals surface area contributed by atoms with Gasteiger partial charge in [-0.1, -0.05) is 37.3 Å². The van der Waals surface area contributed by atoms with Gasteiger partial charge in [0.05, 0.1) is 0 Å². The fraction of sp³-hybridized carbons (Fsp3) is 0.600. The molecule has 3 nitrogen and oxygen atoms in total. The molecule has 0 radical (unpaired) electrons. The second-order valence-electron chi connectivity index (χ2n) is 5.07. The standard InChI is InChI=1S/C15H26N2O/c1-14(13-18)11-16-9-6-10-17(2)12-15-7-4-3-5-8-15/h3-5,7-8,14,16,18H,6,9-13H2,1-2H3. The number of nitrogens with one attached hydrogen (secondary N) is 1. The van der Waals surface area contributed by atoms with Gasteiger partial charge in [-0.15, -0.1) is 0 Å². The summed E-state index contributed by atoms with van der Waals surface area (Å²) in [6, 6.07) is 10.5. The predicted octanol–water partition coefficient (Wildman–Crippen LogP) is 1.73. The molecule has 1 aromatic carbocycles. The van der Waals surface area contributed by atoms with Crippen LogP contribution in [0.1, 0.15) is 18.9 Å². The first kappa shape index (κ1) is 15.2. The lowest BCUT2D eigenvalue weighted by Gasteiger charge is -2.17. The zero-order valence-corrected chi connectivity index (χ0v) is 11.6. The van der Waals surface area contributed by atoms with E-state index in [0.717, 1.165) is 32.6 Å². The molecule has 0 amide bonds. The fourth-order valence-corrected chi connectivity index (χ4v) is 1.86. The zero-order valence-electron chi connectivity index (χ0n) is 11.6. The maximum absolute atomic E-state index is 8.90. The van der Waals surface area contributed by atoms with Crippen molar-refractivity contribution in [2.45, 2.75) is 19.9 Å². The quantitative estimate of drug-likeness (QED) is 0.655. The SMILES string of the molecule is CC(CO)CNCCCN(C)Cc1ccccc1. The molecule has 1 aromatic rings. The Morgan fingerprint density at radius 1 is 1.28 bits per heavy atom. The lowest BCUT2D eigenvalue weighted by atomic mass is 10.2. The smallest absolute Gasteiger partial charge is 0.0468 e. The molecule has 0 fully saturated rings. The van der Waals surface area contributed by atoms with Crippen molar-refractivity contribution in [1.29, 1.82) is 0 Å². The monoisotopic (exact) mass is 250 g/mol. The molecule has 18 heavy (non-hydrogen) atoms. The molecule has 1 unspecified atom stereocenters. The molecule has 0 aromatic heterocycles. The van der Waals surface area contributed by atoms with E-state index in [-0.39, 0.29) is 6.61 Å². The molecule has 0 spiro atoms. The summed E-state index contributed by atoms with van der Waals surface area (Å²) >= 11 is 0. The van der Waals surface area contributed by atoms with E-state index in [9.17, 15) is 0 Å². The maximum Gasteiger partial charge on any atom is 0.0468 e. The number of hydrogen-bond acceptors (Lipinski definition) is 3. The van der Waals surface area contributed by atoms with Crippen molar-refractivity contribution in [1.82, 2.24) is 10.2 Å². The minimum atomic E-state index is 0.265. The van der Waals surface area contributed by atoms with Crippen LogP contribution >= 0.6 is 0 Å². The second-order valence-corrected chi connectivity index (χ2v) is 5.07. The fourth-order valence-electron chi connectivity index (χ4n) is 1.86. The zero-order chi connectivity index (χ0) is 13.2. The van der Waals surface area contributed by atoms with Crippen LogP contribution in [0.5, 0.6) is 0 Å². The predicted molar refractivity (Wildman–Crippen MR) is 76.5 cm³/mol. The molecule has 0 bridgehead atoms. The van der Waals surface area contributed by atoms with E-state index >= 15 is 0 Å². The molecule has 0 aliphatic carbocycles. The first-order valence-corrected chi connectivity index (χ1v) is 6.76. The van der Waals surface area contributed by atoms with Gasteiger partial charge in [0.25, 0.3) is 0 Å². The normalized spacial score (nSPS) is 12.9. The highest BCUT2D eigenvalue weighted by Crippen LogP contribution is 2.02. The molecule has 0 heterocycles. The lowest BCUT2D eigenvalue weighted by Crippen LogP contribution is -2.27. The number of nitrogens with zero attached hydrogens (tertiary/aromatic N) is 1. The Balaban J connectivity index is 2.05. The summed E-state index contributed by atoms with van der Waals surface area (Å²) in [4.78, 5) is 2.34. The van der Waals surface area contributed by atoms with Gasteiger partial charge in [-0.25, -0.2) is 0 Å². The Hall–Kier alpha value is -0.900. The first-order chi connectivity index (χ1) is 8.72. The molecule has 102 valence electrons. The number of aliphatic hydroxyl groups is 1. The van der Waals surface area contributed by atoms with Gasteiger partial charge in [0.2, 0.25) is 0 Å². The van der Waals surface area contributed by atoms with Gasteiger partial charge in [0.1, 0.15) is 0 Å². The van der Waals surface area contributed by atoms with E-state index in [2.05, 4.69) is 54.5 Å². The molecule has 1 rings (SSSR count). The van der Waals surface area contributed by atoms with Crippen molar-refractivity contribution in [2.24, 2.45) is 5.92 Å². The Bertz CT molecular complexity index is 303. The van der Waals surface area contributed by atoms with E-state index in [0.29, 0.717) is 5.92 Å². The summed E-state index contributed by atoms with van der Waals surface area (Å²) in [6.45, 7) is 6.33. The Morgan fingerprint density at radius 3 is 2.67 bits per heavy atom. The minimum Gasteiger partial charge on any atom is -0.396 e. The third-order valence-corrected chi connectivity index (χ3v) is 2.99. The van der Waals surface area contributed by atoms with Crippen LogP contribution in [0.4, 0.5) is 0 Å². The molecule has 0 saturated heterocycles. The van der Waals surface area contributed by atoms with E-state index in [1.165, 1.54) is 5.56 Å². The summed E-state index contributed by atoms with van der Waals surface area (Å²) in [5.41, 5.74) is 1.36. The summed E-state index contributed by atoms with van der Waals surface area (Å²) in [5, 5.41) is 12.3. The van der Waals surface area contributed by atoms with E-state index in [4.69, 9.17) is 5.11 Å². The number of rotatable bonds is 9. The van der Waals surface area contributed by atoms with E-state index in [1.54, 1.807) is 0 Å². The van der Waals surface area contributed by atoms with E-state index in [1.807, 2.05) is 0 Å². The summed E-state index contributed by atoms with van der Waals surface area (Å²) in [5.74, 6) is 0.354. The largest absolute Gasteiger partial charge is 0.396 e. The van der Waals surface area contributed by atoms with Gasteiger partial charge >= 0.3 is 0 Å². The summed E-state index contributed by atoms with van der Waals surface area (Å²) in [7, 11) is 2.16. The van der Waals surface area contributed by atoms with Gasteiger partial charge in [-0.2, -0.15) is 0 Å². The molecule has 0 aliphatic rings. The molecule has 1 atom stereocenters. The van der Waals surface area contributed by atoms with Crippen molar-refractivity contribution in [3.05, 3.63) is 35.9 Å². The van der Waals surface area contributed by atoms with Crippen LogP contribution < -0.4 is 5.32 Å². The van der Waals surface area contributed by atoms with Crippen molar-refractivity contribution < 1.29 is 5.11 Å². The lowest BCUT2D eigenvalue weighted by molar-refractivity contribution is 0.233. The highest BCUT2D eigenvalue weighted by Gasteiger charge is 2.01. The molecular formula is C15H26N2O. The third-order valence-electron chi connectivity index (χ3n) is 2.99. The van der Waals surface area contributed by atoms with Crippen molar-refractivity contribution in [3.63, 3.8) is 0 Å². The average molecular weight is 250 g/mol. The first-order valence-electron chi connectivity index (χ1n) is 6.76. The van der Waals surface area contributed by atoms with Crippen LogP contribution in [0.3, 0.4) is 0 Å². The van der Waals surface area contributed by atoms with Crippen LogP contribution in [-0.4, -0.2) is 43.3 Å². The Morgan fingerprint density at radius 2 is 2.00 bits per heavy atom. The topological polar surface area (TPSA) is 35.5 Å². The van der Waals surface area contributed by atoms with Gasteiger partial charge < -0.3 is 15.3 Å². The van der Waals surface area contributed by atoms with Crippen LogP contribution in [0.2, 0.25) is 0 Å². The van der Waals surface area contributed by atoms with Gasteiger partial charge in [0, 0.05) is 13.2 Å². The van der Waals surface area contributed by atoms with E-state index < -0.39 is 0 Å². The number of hydrogen-bond donors (Lipinski definition) is 2. The van der Waals surface area contributed by atoms with Crippen LogP contribution in [0, 0.1) is 5.92 Å². The minimum absolute atomic E-state index is 0.265. The molecule has 0 aliphatic heterocycles. The molecule has 0 saturated carbocycles. The van der Waals surface area contributed by atoms with Gasteiger partial charge in [0.15, 0.2) is 0 Å². The van der Waals surface area contributed by atoms with Crippen LogP contribution in [0.15, 0.2) is 30.3 Å². The second kappa shape index (κ2) is 9.09. The molecule has 3 heteroatoms. The van der Waals surface area contributed by atoms with Crippen molar-refractivity contribution >= 4 is 0 Å². The number of aliphatic hydroxyl groups excluding tert-OH is 1.